The highest BCUT2D eigenvalue weighted by atomic mass is 79.9. The summed E-state index contributed by atoms with van der Waals surface area (Å²) in [5, 5.41) is 12.9. The molecule has 3 atom stereocenters. The average Bonchev–Trinajstić information content (AvgIpc) is 2.68. The molecule has 1 aliphatic carbocycles. The van der Waals surface area contributed by atoms with E-state index in [4.69, 9.17) is 0 Å². The fraction of sp³-hybridized carbons (Fsp3) is 0.391. The number of anilines is 1. The highest BCUT2D eigenvalue weighted by Gasteiger charge is 2.42. The quantitative estimate of drug-likeness (QED) is 0.613. The van der Waals surface area contributed by atoms with Crippen LogP contribution >= 0.6 is 15.9 Å². The van der Waals surface area contributed by atoms with Crippen LogP contribution in [0.5, 0.6) is 0 Å². The van der Waals surface area contributed by atoms with Crippen molar-refractivity contribution in [3.63, 3.8) is 0 Å². The summed E-state index contributed by atoms with van der Waals surface area (Å²) < 4.78 is 0.957. The third kappa shape index (κ3) is 4.64. The number of rotatable bonds is 5. The van der Waals surface area contributed by atoms with E-state index < -0.39 is 17.8 Å². The molecule has 3 rings (SSSR count). The van der Waals surface area contributed by atoms with Gasteiger partial charge in [0.15, 0.2) is 0 Å². The van der Waals surface area contributed by atoms with Crippen molar-refractivity contribution in [2.24, 2.45) is 11.8 Å². The van der Waals surface area contributed by atoms with E-state index >= 15 is 0 Å². The standard InChI is InChI=1S/C23H26BrNO3/c1-14(2)15-8-12-18(13-9-15)25-22(26)20-5-3-4-19(21(20)23(27)28)16-6-10-17(24)11-7-16/h6-14,19-21H,3-5H2,1-2H3,(H,25,26)(H,27,28). The molecule has 1 saturated carbocycles. The normalized spacial score (nSPS) is 22.1. The van der Waals surface area contributed by atoms with Gasteiger partial charge in [0.1, 0.15) is 0 Å². The molecule has 2 aromatic rings. The van der Waals surface area contributed by atoms with Crippen molar-refractivity contribution in [2.45, 2.75) is 44.9 Å². The van der Waals surface area contributed by atoms with E-state index in [0.717, 1.165) is 22.9 Å². The van der Waals surface area contributed by atoms with Crippen LogP contribution in [0.15, 0.2) is 53.0 Å². The van der Waals surface area contributed by atoms with Crippen molar-refractivity contribution in [1.82, 2.24) is 0 Å². The van der Waals surface area contributed by atoms with Crippen molar-refractivity contribution < 1.29 is 14.7 Å². The molecule has 5 heteroatoms. The summed E-state index contributed by atoms with van der Waals surface area (Å²) in [6.45, 7) is 4.24. The molecular formula is C23H26BrNO3. The largest absolute Gasteiger partial charge is 0.481 e. The zero-order chi connectivity index (χ0) is 20.3. The average molecular weight is 444 g/mol. The Balaban J connectivity index is 1.79. The zero-order valence-corrected chi connectivity index (χ0v) is 17.8. The van der Waals surface area contributed by atoms with Gasteiger partial charge in [-0.3, -0.25) is 9.59 Å². The lowest BCUT2D eigenvalue weighted by molar-refractivity contribution is -0.148. The Kier molecular flexibility index (Phi) is 6.55. The smallest absolute Gasteiger partial charge is 0.307 e. The number of carboxylic acid groups (broad SMARTS) is 1. The van der Waals surface area contributed by atoms with Crippen LogP contribution < -0.4 is 5.32 Å². The molecule has 2 aromatic carbocycles. The van der Waals surface area contributed by atoms with E-state index in [1.54, 1.807) is 0 Å². The van der Waals surface area contributed by atoms with Gasteiger partial charge in [-0.05, 0) is 60.1 Å². The molecular weight excluding hydrogens is 418 g/mol. The monoisotopic (exact) mass is 443 g/mol. The second kappa shape index (κ2) is 8.91. The molecule has 0 aliphatic heterocycles. The number of nitrogens with one attached hydrogen (secondary N) is 1. The highest BCUT2D eigenvalue weighted by molar-refractivity contribution is 9.10. The number of carboxylic acids is 1. The van der Waals surface area contributed by atoms with Gasteiger partial charge >= 0.3 is 5.97 Å². The number of carbonyl (C=O) groups is 2. The lowest BCUT2D eigenvalue weighted by Gasteiger charge is -2.35. The van der Waals surface area contributed by atoms with Gasteiger partial charge < -0.3 is 10.4 Å². The summed E-state index contributed by atoms with van der Waals surface area (Å²) in [6.07, 6.45) is 2.22. The summed E-state index contributed by atoms with van der Waals surface area (Å²) >= 11 is 3.42. The molecule has 0 bridgehead atoms. The first-order valence-electron chi connectivity index (χ1n) is 9.76. The number of benzene rings is 2. The molecule has 0 aromatic heterocycles. The summed E-state index contributed by atoms with van der Waals surface area (Å²) in [5.74, 6) is -2.09. The summed E-state index contributed by atoms with van der Waals surface area (Å²) in [6, 6.07) is 15.5. The minimum absolute atomic E-state index is 0.154. The Hall–Kier alpha value is -2.14. The lowest BCUT2D eigenvalue weighted by Crippen LogP contribution is -2.40. The molecule has 1 amide bonds. The lowest BCUT2D eigenvalue weighted by atomic mass is 9.69. The SMILES string of the molecule is CC(C)c1ccc(NC(=O)C2CCCC(c3ccc(Br)cc3)C2C(=O)O)cc1. The third-order valence-electron chi connectivity index (χ3n) is 5.66. The fourth-order valence-electron chi connectivity index (χ4n) is 4.11. The van der Waals surface area contributed by atoms with Crippen molar-refractivity contribution in [2.75, 3.05) is 5.32 Å². The number of halogens is 1. The Labute approximate surface area is 174 Å². The molecule has 3 unspecified atom stereocenters. The van der Waals surface area contributed by atoms with Crippen LogP contribution in [-0.4, -0.2) is 17.0 Å². The highest BCUT2D eigenvalue weighted by Crippen LogP contribution is 2.42. The van der Waals surface area contributed by atoms with Gasteiger partial charge in [0, 0.05) is 10.2 Å². The number of aliphatic carboxylic acids is 1. The Bertz CT molecular complexity index is 830. The first-order valence-corrected chi connectivity index (χ1v) is 10.5. The van der Waals surface area contributed by atoms with E-state index in [1.165, 1.54) is 5.56 Å². The van der Waals surface area contributed by atoms with Gasteiger partial charge in [-0.1, -0.05) is 60.5 Å². The van der Waals surface area contributed by atoms with Gasteiger partial charge in [-0.2, -0.15) is 0 Å². The number of amides is 1. The third-order valence-corrected chi connectivity index (χ3v) is 6.19. The van der Waals surface area contributed by atoms with E-state index in [0.29, 0.717) is 18.0 Å². The molecule has 28 heavy (non-hydrogen) atoms. The summed E-state index contributed by atoms with van der Waals surface area (Å²) in [5.41, 5.74) is 2.90. The van der Waals surface area contributed by atoms with Crippen LogP contribution in [0.25, 0.3) is 0 Å². The minimum Gasteiger partial charge on any atom is -0.481 e. The van der Waals surface area contributed by atoms with Gasteiger partial charge in [0.2, 0.25) is 5.91 Å². The zero-order valence-electron chi connectivity index (χ0n) is 16.2. The van der Waals surface area contributed by atoms with Crippen molar-refractivity contribution in [3.8, 4) is 0 Å². The molecule has 0 radical (unpaired) electrons. The van der Waals surface area contributed by atoms with Crippen molar-refractivity contribution in [3.05, 3.63) is 64.1 Å². The molecule has 0 spiro atoms. The molecule has 148 valence electrons. The number of hydrogen-bond acceptors (Lipinski definition) is 2. The van der Waals surface area contributed by atoms with Crippen molar-refractivity contribution >= 4 is 33.5 Å². The molecule has 4 nitrogen and oxygen atoms in total. The first kappa shape index (κ1) is 20.6. The van der Waals surface area contributed by atoms with Crippen LogP contribution in [0.1, 0.15) is 56.1 Å². The second-order valence-electron chi connectivity index (χ2n) is 7.83. The second-order valence-corrected chi connectivity index (χ2v) is 8.74. The number of carbonyl (C=O) groups excluding carboxylic acids is 1. The van der Waals surface area contributed by atoms with E-state index in [-0.39, 0.29) is 11.8 Å². The van der Waals surface area contributed by atoms with Gasteiger partial charge in [0.25, 0.3) is 0 Å². The maximum atomic E-state index is 13.0. The molecule has 2 N–H and O–H groups in total. The predicted octanol–water partition coefficient (Wildman–Crippen LogP) is 5.80. The van der Waals surface area contributed by atoms with Gasteiger partial charge in [-0.25, -0.2) is 0 Å². The topological polar surface area (TPSA) is 66.4 Å². The fourth-order valence-corrected chi connectivity index (χ4v) is 4.37. The Morgan fingerprint density at radius 2 is 1.68 bits per heavy atom. The first-order chi connectivity index (χ1) is 13.4. The van der Waals surface area contributed by atoms with Crippen LogP contribution in [0.4, 0.5) is 5.69 Å². The molecule has 0 heterocycles. The summed E-state index contributed by atoms with van der Waals surface area (Å²) in [7, 11) is 0. The Morgan fingerprint density at radius 3 is 2.25 bits per heavy atom. The van der Waals surface area contributed by atoms with Crippen molar-refractivity contribution in [1.29, 1.82) is 0 Å². The van der Waals surface area contributed by atoms with Gasteiger partial charge in [0.05, 0.1) is 11.8 Å². The van der Waals surface area contributed by atoms with Crippen LogP contribution in [0.2, 0.25) is 0 Å². The Morgan fingerprint density at radius 1 is 1.04 bits per heavy atom. The molecule has 0 saturated heterocycles. The van der Waals surface area contributed by atoms with E-state index in [9.17, 15) is 14.7 Å². The molecule has 1 aliphatic rings. The molecule has 1 fully saturated rings. The van der Waals surface area contributed by atoms with Crippen LogP contribution in [0, 0.1) is 11.8 Å². The van der Waals surface area contributed by atoms with Gasteiger partial charge in [-0.15, -0.1) is 0 Å². The van der Waals surface area contributed by atoms with Crippen LogP contribution in [0.3, 0.4) is 0 Å². The van der Waals surface area contributed by atoms with Crippen LogP contribution in [-0.2, 0) is 9.59 Å². The number of hydrogen-bond donors (Lipinski definition) is 2. The minimum atomic E-state index is -0.900. The van der Waals surface area contributed by atoms with E-state index in [1.807, 2.05) is 48.5 Å². The maximum Gasteiger partial charge on any atom is 0.307 e. The predicted molar refractivity (Wildman–Crippen MR) is 115 cm³/mol. The van der Waals surface area contributed by atoms with E-state index in [2.05, 4.69) is 35.1 Å². The maximum absolute atomic E-state index is 13.0. The summed E-state index contributed by atoms with van der Waals surface area (Å²) in [4.78, 5) is 25.1.